The molecule has 0 aliphatic rings. The number of ether oxygens (including phenoxy) is 1. The van der Waals surface area contributed by atoms with Gasteiger partial charge in [0, 0.05) is 17.1 Å². The topological polar surface area (TPSA) is 98.5 Å². The summed E-state index contributed by atoms with van der Waals surface area (Å²) < 4.78 is 40.8. The van der Waals surface area contributed by atoms with Gasteiger partial charge in [0.15, 0.2) is 0 Å². The molecule has 2 rings (SSSR count). The summed E-state index contributed by atoms with van der Waals surface area (Å²) in [7, 11) is -2.59. The molecule has 0 atom stereocenters. The molecule has 21 heavy (non-hydrogen) atoms. The average Bonchev–Trinajstić information content (AvgIpc) is 2.85. The van der Waals surface area contributed by atoms with E-state index in [1.807, 2.05) is 0 Å². The summed E-state index contributed by atoms with van der Waals surface area (Å²) in [6.07, 6.45) is 0. The Kier molecular flexibility index (Phi) is 4.26. The summed E-state index contributed by atoms with van der Waals surface area (Å²) in [4.78, 5) is 11.9. The highest BCUT2D eigenvalue weighted by Crippen LogP contribution is 2.23. The molecule has 1 aromatic carbocycles. The molecule has 0 saturated heterocycles. The first-order valence-corrected chi connectivity index (χ1v) is 7.99. The predicted molar refractivity (Wildman–Crippen MR) is 76.6 cm³/mol. The van der Waals surface area contributed by atoms with Gasteiger partial charge in [-0.3, -0.25) is 4.79 Å². The van der Waals surface area contributed by atoms with Crippen molar-refractivity contribution >= 4 is 33.0 Å². The lowest BCUT2D eigenvalue weighted by Crippen LogP contribution is -2.14. The van der Waals surface area contributed by atoms with Crippen molar-refractivity contribution in [3.05, 3.63) is 40.3 Å². The van der Waals surface area contributed by atoms with Gasteiger partial charge in [0.25, 0.3) is 5.91 Å². The maximum atomic E-state index is 13.4. The number of thiophene rings is 1. The van der Waals surface area contributed by atoms with E-state index in [1.54, 1.807) is 5.38 Å². The second-order valence-corrected chi connectivity index (χ2v) is 6.50. The van der Waals surface area contributed by atoms with Gasteiger partial charge >= 0.3 is 0 Å². The number of benzene rings is 1. The molecule has 1 heterocycles. The molecule has 1 aromatic heterocycles. The second-order valence-electron chi connectivity index (χ2n) is 4.03. The number of nitrogens with two attached hydrogens (primary N) is 1. The minimum absolute atomic E-state index is 0.00334. The monoisotopic (exact) mass is 330 g/mol. The second kappa shape index (κ2) is 5.80. The summed E-state index contributed by atoms with van der Waals surface area (Å²) in [5.41, 5.74) is -0.00334. The number of sulfonamides is 1. The lowest BCUT2D eigenvalue weighted by molar-refractivity contribution is 0.103. The van der Waals surface area contributed by atoms with Crippen LogP contribution in [0.5, 0.6) is 5.75 Å². The first kappa shape index (κ1) is 15.4. The smallest absolute Gasteiger partial charge is 0.265 e. The molecule has 9 heteroatoms. The van der Waals surface area contributed by atoms with Crippen LogP contribution in [0.1, 0.15) is 9.67 Å². The summed E-state index contributed by atoms with van der Waals surface area (Å²) in [5.74, 6) is -0.801. The number of hydrogen-bond acceptors (Lipinski definition) is 5. The predicted octanol–water partition coefficient (Wildman–Crippen LogP) is 1.80. The Morgan fingerprint density at radius 2 is 2.05 bits per heavy atom. The number of halogens is 1. The van der Waals surface area contributed by atoms with E-state index in [2.05, 4.69) is 5.32 Å². The van der Waals surface area contributed by atoms with Crippen LogP contribution in [-0.4, -0.2) is 21.4 Å². The number of rotatable bonds is 4. The van der Waals surface area contributed by atoms with Crippen LogP contribution in [0.3, 0.4) is 0 Å². The number of methoxy groups -OCH3 is 1. The van der Waals surface area contributed by atoms with Crippen LogP contribution in [0.2, 0.25) is 0 Å². The first-order valence-electron chi connectivity index (χ1n) is 5.57. The molecular formula is C12H11FN2O4S2. The van der Waals surface area contributed by atoms with Gasteiger partial charge in [-0.2, -0.15) is 0 Å². The molecule has 0 spiro atoms. The van der Waals surface area contributed by atoms with Crippen LogP contribution >= 0.6 is 11.3 Å². The normalized spacial score (nSPS) is 11.2. The number of amides is 1. The molecule has 0 aliphatic carbocycles. The fourth-order valence-electron chi connectivity index (χ4n) is 1.54. The van der Waals surface area contributed by atoms with Crippen LogP contribution in [-0.2, 0) is 10.0 Å². The molecule has 0 unspecified atom stereocenters. The molecule has 0 bridgehead atoms. The van der Waals surface area contributed by atoms with Gasteiger partial charge in [-0.05, 0) is 18.2 Å². The van der Waals surface area contributed by atoms with Crippen LogP contribution in [0.4, 0.5) is 10.1 Å². The maximum absolute atomic E-state index is 13.4. The van der Waals surface area contributed by atoms with E-state index in [9.17, 15) is 17.6 Å². The summed E-state index contributed by atoms with van der Waals surface area (Å²) in [6, 6.07) is 4.37. The molecule has 3 N–H and O–H groups in total. The number of carbonyl (C=O) groups excluding carboxylic acids is 1. The SMILES string of the molecule is COc1csc(C(=O)Nc2cc(F)cc(S(N)(=O)=O)c2)c1. The van der Waals surface area contributed by atoms with Crippen molar-refractivity contribution in [3.63, 3.8) is 0 Å². The minimum atomic E-state index is -4.06. The Morgan fingerprint density at radius 1 is 1.33 bits per heavy atom. The van der Waals surface area contributed by atoms with Crippen LogP contribution in [0.25, 0.3) is 0 Å². The number of hydrogen-bond donors (Lipinski definition) is 2. The quantitative estimate of drug-likeness (QED) is 0.893. The van der Waals surface area contributed by atoms with Gasteiger partial charge < -0.3 is 10.1 Å². The standard InChI is InChI=1S/C12H11FN2O4S2/c1-19-9-5-11(20-6-9)12(16)15-8-2-7(13)3-10(4-8)21(14,17)18/h2-6H,1H3,(H,15,16)(H2,14,17,18). The zero-order valence-electron chi connectivity index (χ0n) is 10.8. The highest BCUT2D eigenvalue weighted by molar-refractivity contribution is 7.89. The van der Waals surface area contributed by atoms with E-state index in [-0.39, 0.29) is 5.69 Å². The van der Waals surface area contributed by atoms with Gasteiger partial charge in [-0.15, -0.1) is 11.3 Å². The first-order chi connectivity index (χ1) is 9.79. The van der Waals surface area contributed by atoms with Crippen molar-refractivity contribution in [2.24, 2.45) is 5.14 Å². The molecule has 0 radical (unpaired) electrons. The molecule has 1 amide bonds. The molecule has 0 aliphatic heterocycles. The summed E-state index contributed by atoms with van der Waals surface area (Å²) >= 11 is 1.14. The molecule has 6 nitrogen and oxygen atoms in total. The zero-order valence-corrected chi connectivity index (χ0v) is 12.4. The highest BCUT2D eigenvalue weighted by Gasteiger charge is 2.14. The third-order valence-corrected chi connectivity index (χ3v) is 4.29. The van der Waals surface area contributed by atoms with Gasteiger partial charge in [0.2, 0.25) is 10.0 Å². The lowest BCUT2D eigenvalue weighted by Gasteiger charge is -2.06. The van der Waals surface area contributed by atoms with E-state index in [0.29, 0.717) is 10.6 Å². The average molecular weight is 330 g/mol. The fraction of sp³-hybridized carbons (Fsp3) is 0.0833. The molecule has 0 fully saturated rings. The maximum Gasteiger partial charge on any atom is 0.265 e. The van der Waals surface area contributed by atoms with Crippen LogP contribution < -0.4 is 15.2 Å². The Bertz CT molecular complexity index is 786. The minimum Gasteiger partial charge on any atom is -0.496 e. The molecular weight excluding hydrogens is 319 g/mol. The third-order valence-electron chi connectivity index (χ3n) is 2.49. The van der Waals surface area contributed by atoms with Gasteiger partial charge in [0.05, 0.1) is 16.9 Å². The van der Waals surface area contributed by atoms with Crippen molar-refractivity contribution in [2.75, 3.05) is 12.4 Å². The number of nitrogens with one attached hydrogen (secondary N) is 1. The largest absolute Gasteiger partial charge is 0.496 e. The number of anilines is 1. The lowest BCUT2D eigenvalue weighted by atomic mass is 10.3. The Morgan fingerprint density at radius 3 is 2.62 bits per heavy atom. The summed E-state index contributed by atoms with van der Waals surface area (Å²) in [5, 5.41) is 8.98. The van der Waals surface area contributed by atoms with E-state index in [0.717, 1.165) is 29.5 Å². The molecule has 112 valence electrons. The van der Waals surface area contributed by atoms with Crippen LogP contribution in [0.15, 0.2) is 34.5 Å². The molecule has 2 aromatic rings. The fourth-order valence-corrected chi connectivity index (χ4v) is 2.85. The highest BCUT2D eigenvalue weighted by atomic mass is 32.2. The molecule has 0 saturated carbocycles. The third kappa shape index (κ3) is 3.78. The number of primary sulfonamides is 1. The van der Waals surface area contributed by atoms with Crippen molar-refractivity contribution < 1.29 is 22.3 Å². The van der Waals surface area contributed by atoms with Gasteiger partial charge in [-0.1, -0.05) is 0 Å². The van der Waals surface area contributed by atoms with Crippen molar-refractivity contribution in [3.8, 4) is 5.75 Å². The zero-order chi connectivity index (χ0) is 15.6. The van der Waals surface area contributed by atoms with Crippen molar-refractivity contribution in [2.45, 2.75) is 4.90 Å². The Balaban J connectivity index is 2.27. The Hall–Kier alpha value is -1.97. The van der Waals surface area contributed by atoms with E-state index < -0.39 is 26.6 Å². The van der Waals surface area contributed by atoms with Crippen molar-refractivity contribution in [1.82, 2.24) is 0 Å². The van der Waals surface area contributed by atoms with Crippen LogP contribution in [0, 0.1) is 5.82 Å². The van der Waals surface area contributed by atoms with Gasteiger partial charge in [-0.25, -0.2) is 17.9 Å². The van der Waals surface area contributed by atoms with E-state index >= 15 is 0 Å². The van der Waals surface area contributed by atoms with E-state index in [1.165, 1.54) is 13.2 Å². The Labute approximate surface area is 124 Å². The number of carbonyl (C=O) groups is 1. The van der Waals surface area contributed by atoms with E-state index in [4.69, 9.17) is 9.88 Å². The van der Waals surface area contributed by atoms with Gasteiger partial charge in [0.1, 0.15) is 11.6 Å². The van der Waals surface area contributed by atoms with Crippen molar-refractivity contribution in [1.29, 1.82) is 0 Å². The summed E-state index contributed by atoms with van der Waals surface area (Å²) in [6.45, 7) is 0.